The van der Waals surface area contributed by atoms with Crippen LogP contribution in [0, 0.1) is 6.92 Å². The number of benzene rings is 1. The van der Waals surface area contributed by atoms with Crippen LogP contribution in [0.3, 0.4) is 0 Å². The molecule has 0 aliphatic rings. The first kappa shape index (κ1) is 11.7. The van der Waals surface area contributed by atoms with Crippen LogP contribution in [0.1, 0.15) is 12.0 Å². The Morgan fingerprint density at radius 1 is 1.00 bits per heavy atom. The van der Waals surface area contributed by atoms with Crippen molar-refractivity contribution in [2.75, 3.05) is 21.3 Å². The predicted molar refractivity (Wildman–Crippen MR) is 59.8 cm³/mol. The topological polar surface area (TPSA) is 27.7 Å². The van der Waals surface area contributed by atoms with E-state index < -0.39 is 0 Å². The molecule has 0 spiro atoms. The number of hydrogen-bond acceptors (Lipinski definition) is 3. The van der Waals surface area contributed by atoms with Gasteiger partial charge in [-0.05, 0) is 30.5 Å². The average molecular weight is 209 g/mol. The third-order valence-electron chi connectivity index (χ3n) is 2.19. The van der Waals surface area contributed by atoms with E-state index in [9.17, 15) is 0 Å². The molecule has 0 aromatic heterocycles. The normalized spacial score (nSPS) is 9.87. The van der Waals surface area contributed by atoms with Crippen molar-refractivity contribution in [3.8, 4) is 17.2 Å². The maximum Gasteiger partial charge on any atom is 0.203 e. The molecule has 0 amide bonds. The van der Waals surface area contributed by atoms with E-state index in [2.05, 4.69) is 6.92 Å². The zero-order chi connectivity index (χ0) is 11.3. The lowest BCUT2D eigenvalue weighted by Crippen LogP contribution is -1.97. The monoisotopic (exact) mass is 209 g/mol. The zero-order valence-corrected chi connectivity index (χ0v) is 9.50. The fourth-order valence-corrected chi connectivity index (χ4v) is 1.48. The van der Waals surface area contributed by atoms with Crippen molar-refractivity contribution in [3.05, 3.63) is 24.6 Å². The Kier molecular flexibility index (Phi) is 4.28. The smallest absolute Gasteiger partial charge is 0.203 e. The van der Waals surface area contributed by atoms with Crippen molar-refractivity contribution >= 4 is 0 Å². The summed E-state index contributed by atoms with van der Waals surface area (Å²) in [6.07, 6.45) is 1.75. The van der Waals surface area contributed by atoms with Gasteiger partial charge in [0.2, 0.25) is 5.75 Å². The number of methoxy groups -OCH3 is 3. The number of ether oxygens (including phenoxy) is 3. The summed E-state index contributed by atoms with van der Waals surface area (Å²) in [5.74, 6) is 2.02. The van der Waals surface area contributed by atoms with Gasteiger partial charge in [-0.15, -0.1) is 0 Å². The van der Waals surface area contributed by atoms with Gasteiger partial charge in [-0.1, -0.05) is 6.92 Å². The number of hydrogen-bond donors (Lipinski definition) is 0. The summed E-state index contributed by atoms with van der Waals surface area (Å²) in [5, 5.41) is 0. The van der Waals surface area contributed by atoms with Crippen LogP contribution in [0.2, 0.25) is 0 Å². The largest absolute Gasteiger partial charge is 0.493 e. The van der Waals surface area contributed by atoms with Gasteiger partial charge in [-0.25, -0.2) is 0 Å². The molecule has 0 N–H and O–H groups in total. The van der Waals surface area contributed by atoms with Crippen molar-refractivity contribution < 1.29 is 14.2 Å². The first-order chi connectivity index (χ1) is 7.26. The van der Waals surface area contributed by atoms with E-state index in [0.717, 1.165) is 18.4 Å². The van der Waals surface area contributed by atoms with Crippen molar-refractivity contribution in [2.24, 2.45) is 0 Å². The molecule has 0 unspecified atom stereocenters. The number of aryl methyl sites for hydroxylation is 1. The van der Waals surface area contributed by atoms with Gasteiger partial charge in [0.25, 0.3) is 0 Å². The molecule has 0 saturated heterocycles. The van der Waals surface area contributed by atoms with Gasteiger partial charge < -0.3 is 14.2 Å². The maximum absolute atomic E-state index is 5.24. The SMILES string of the molecule is [CH2]CCc1cc(OC)c(OC)c(OC)c1. The fraction of sp³-hybridized carbons (Fsp3) is 0.417. The van der Waals surface area contributed by atoms with Crippen LogP contribution in [-0.4, -0.2) is 21.3 Å². The molecule has 0 fully saturated rings. The minimum atomic E-state index is 0.632. The summed E-state index contributed by atoms with van der Waals surface area (Å²) < 4.78 is 15.7. The minimum absolute atomic E-state index is 0.632. The van der Waals surface area contributed by atoms with Crippen LogP contribution in [0.15, 0.2) is 12.1 Å². The maximum atomic E-state index is 5.24. The van der Waals surface area contributed by atoms with E-state index in [1.165, 1.54) is 0 Å². The predicted octanol–water partition coefficient (Wildman–Crippen LogP) is 2.48. The lowest BCUT2D eigenvalue weighted by atomic mass is 10.1. The second kappa shape index (κ2) is 5.49. The fourth-order valence-electron chi connectivity index (χ4n) is 1.48. The van der Waals surface area contributed by atoms with Crippen LogP contribution in [0.5, 0.6) is 17.2 Å². The van der Waals surface area contributed by atoms with Crippen LogP contribution in [-0.2, 0) is 6.42 Å². The van der Waals surface area contributed by atoms with Gasteiger partial charge in [0.1, 0.15) is 0 Å². The molecule has 0 aliphatic heterocycles. The average Bonchev–Trinajstić information content (AvgIpc) is 2.28. The van der Waals surface area contributed by atoms with E-state index in [-0.39, 0.29) is 0 Å². The molecule has 0 heterocycles. The quantitative estimate of drug-likeness (QED) is 0.745. The third-order valence-corrected chi connectivity index (χ3v) is 2.19. The first-order valence-corrected chi connectivity index (χ1v) is 4.85. The Bertz CT molecular complexity index is 296. The van der Waals surface area contributed by atoms with E-state index in [1.54, 1.807) is 21.3 Å². The van der Waals surface area contributed by atoms with E-state index >= 15 is 0 Å². The summed E-state index contributed by atoms with van der Waals surface area (Å²) in [6, 6.07) is 3.90. The minimum Gasteiger partial charge on any atom is -0.493 e. The second-order valence-electron chi connectivity index (χ2n) is 3.14. The Balaban J connectivity index is 3.16. The molecule has 0 atom stereocenters. The molecule has 1 rings (SSSR count). The molecule has 1 radical (unpaired) electrons. The van der Waals surface area contributed by atoms with Gasteiger partial charge in [-0.3, -0.25) is 0 Å². The van der Waals surface area contributed by atoms with Crippen molar-refractivity contribution in [1.29, 1.82) is 0 Å². The Hall–Kier alpha value is -1.38. The Morgan fingerprint density at radius 2 is 1.53 bits per heavy atom. The van der Waals surface area contributed by atoms with Crippen molar-refractivity contribution in [3.63, 3.8) is 0 Å². The van der Waals surface area contributed by atoms with Crippen LogP contribution in [0.25, 0.3) is 0 Å². The van der Waals surface area contributed by atoms with Gasteiger partial charge in [0.05, 0.1) is 21.3 Å². The van der Waals surface area contributed by atoms with Crippen LogP contribution in [0.4, 0.5) is 0 Å². The molecule has 1 aromatic carbocycles. The zero-order valence-electron chi connectivity index (χ0n) is 9.50. The number of rotatable bonds is 5. The molecule has 0 bridgehead atoms. The van der Waals surface area contributed by atoms with Crippen LogP contribution < -0.4 is 14.2 Å². The molecule has 83 valence electrons. The summed E-state index contributed by atoms with van der Waals surface area (Å²) in [7, 11) is 4.83. The molecule has 3 nitrogen and oxygen atoms in total. The van der Waals surface area contributed by atoms with Gasteiger partial charge in [0.15, 0.2) is 11.5 Å². The molecule has 0 aliphatic carbocycles. The van der Waals surface area contributed by atoms with Crippen LogP contribution >= 0.6 is 0 Å². The Morgan fingerprint density at radius 3 is 1.87 bits per heavy atom. The van der Waals surface area contributed by atoms with Gasteiger partial charge >= 0.3 is 0 Å². The highest BCUT2D eigenvalue weighted by molar-refractivity contribution is 5.53. The molecule has 1 aromatic rings. The summed E-state index contributed by atoms with van der Waals surface area (Å²) in [5.41, 5.74) is 1.14. The molecule has 15 heavy (non-hydrogen) atoms. The van der Waals surface area contributed by atoms with E-state index in [0.29, 0.717) is 17.2 Å². The molecular formula is C12H17O3. The molecular weight excluding hydrogens is 192 g/mol. The summed E-state index contributed by atoms with van der Waals surface area (Å²) >= 11 is 0. The summed E-state index contributed by atoms with van der Waals surface area (Å²) in [4.78, 5) is 0. The molecule has 3 heteroatoms. The van der Waals surface area contributed by atoms with E-state index in [4.69, 9.17) is 14.2 Å². The highest BCUT2D eigenvalue weighted by Crippen LogP contribution is 2.38. The van der Waals surface area contributed by atoms with Crippen molar-refractivity contribution in [1.82, 2.24) is 0 Å². The van der Waals surface area contributed by atoms with E-state index in [1.807, 2.05) is 12.1 Å². The highest BCUT2D eigenvalue weighted by atomic mass is 16.5. The third kappa shape index (κ3) is 2.55. The summed E-state index contributed by atoms with van der Waals surface area (Å²) in [6.45, 7) is 3.82. The molecule has 0 saturated carbocycles. The van der Waals surface area contributed by atoms with Crippen molar-refractivity contribution in [2.45, 2.75) is 12.8 Å². The van der Waals surface area contributed by atoms with Gasteiger partial charge in [0, 0.05) is 0 Å². The first-order valence-electron chi connectivity index (χ1n) is 4.85. The standard InChI is InChI=1S/C12H17O3/c1-5-6-9-7-10(13-2)12(15-4)11(8-9)14-3/h7-8H,1,5-6H2,2-4H3. The van der Waals surface area contributed by atoms with Gasteiger partial charge in [-0.2, -0.15) is 0 Å². The Labute approximate surface area is 91.0 Å². The lowest BCUT2D eigenvalue weighted by Gasteiger charge is -2.13. The highest BCUT2D eigenvalue weighted by Gasteiger charge is 2.12. The second-order valence-corrected chi connectivity index (χ2v) is 3.14. The lowest BCUT2D eigenvalue weighted by molar-refractivity contribution is 0.324.